The van der Waals surface area contributed by atoms with Crippen molar-refractivity contribution in [3.8, 4) is 0 Å². The van der Waals surface area contributed by atoms with Crippen LogP contribution in [0.25, 0.3) is 0 Å². The summed E-state index contributed by atoms with van der Waals surface area (Å²) < 4.78 is 0. The summed E-state index contributed by atoms with van der Waals surface area (Å²) in [5.74, 6) is -0.782. The number of urea groups is 1. The van der Waals surface area contributed by atoms with Gasteiger partial charge < -0.3 is 15.3 Å². The van der Waals surface area contributed by atoms with Crippen LogP contribution in [0, 0.1) is 0 Å². The van der Waals surface area contributed by atoms with E-state index in [0.29, 0.717) is 0 Å². The Hall–Kier alpha value is -1.28. The number of carbonyl (C=O) groups is 3. The van der Waals surface area contributed by atoms with Gasteiger partial charge in [-0.1, -0.05) is 0 Å². The van der Waals surface area contributed by atoms with E-state index in [1.807, 2.05) is 6.26 Å². The van der Waals surface area contributed by atoms with E-state index in [1.54, 1.807) is 6.92 Å². The molecule has 0 saturated carbocycles. The number of imide groups is 1. The number of thioether (sulfide) groups is 1. The zero-order chi connectivity index (χ0) is 14.6. The maximum Gasteiger partial charge on any atom is 0.327 e. The SMILES string of the molecule is CSC(CO)C(C)NC(=O)CN1C(=O)CN(C)C1=O. The lowest BCUT2D eigenvalue weighted by atomic mass is 10.2. The summed E-state index contributed by atoms with van der Waals surface area (Å²) >= 11 is 1.44. The first kappa shape index (κ1) is 15.8. The Morgan fingerprint density at radius 1 is 1.53 bits per heavy atom. The number of nitrogens with zero attached hydrogens (tertiary/aromatic N) is 2. The molecule has 0 aromatic carbocycles. The summed E-state index contributed by atoms with van der Waals surface area (Å²) in [6, 6.07) is -0.700. The minimum Gasteiger partial charge on any atom is -0.395 e. The van der Waals surface area contributed by atoms with Crippen molar-refractivity contribution in [2.75, 3.05) is 33.0 Å². The first-order valence-corrected chi connectivity index (χ1v) is 7.18. The molecule has 1 fully saturated rings. The lowest BCUT2D eigenvalue weighted by Gasteiger charge is -2.22. The molecule has 1 aliphatic heterocycles. The first-order chi connectivity index (χ1) is 8.90. The van der Waals surface area contributed by atoms with E-state index < -0.39 is 11.9 Å². The summed E-state index contributed by atoms with van der Waals surface area (Å²) in [7, 11) is 1.51. The van der Waals surface area contributed by atoms with Crippen LogP contribution >= 0.6 is 11.8 Å². The molecule has 2 atom stereocenters. The second-order valence-electron chi connectivity index (χ2n) is 4.43. The average Bonchev–Trinajstić information content (AvgIpc) is 2.57. The third-order valence-corrected chi connectivity index (χ3v) is 4.12. The van der Waals surface area contributed by atoms with Gasteiger partial charge in [-0.2, -0.15) is 11.8 Å². The molecule has 0 spiro atoms. The number of likely N-dealkylation sites (N-methyl/N-ethyl adjacent to an activating group) is 1. The number of hydrogen-bond donors (Lipinski definition) is 2. The van der Waals surface area contributed by atoms with Crippen molar-refractivity contribution in [1.29, 1.82) is 0 Å². The fourth-order valence-corrected chi connectivity index (χ4v) is 2.42. The number of nitrogens with one attached hydrogen (secondary N) is 1. The van der Waals surface area contributed by atoms with E-state index in [-0.39, 0.29) is 36.9 Å². The van der Waals surface area contributed by atoms with Gasteiger partial charge in [0.05, 0.1) is 6.61 Å². The van der Waals surface area contributed by atoms with Crippen molar-refractivity contribution >= 4 is 29.6 Å². The van der Waals surface area contributed by atoms with Gasteiger partial charge in [0.15, 0.2) is 0 Å². The molecule has 8 heteroatoms. The predicted molar refractivity (Wildman–Crippen MR) is 71.7 cm³/mol. The van der Waals surface area contributed by atoms with E-state index in [2.05, 4.69) is 5.32 Å². The van der Waals surface area contributed by atoms with Crippen LogP contribution in [0.4, 0.5) is 4.79 Å². The fraction of sp³-hybridized carbons (Fsp3) is 0.727. The lowest BCUT2D eigenvalue weighted by Crippen LogP contribution is -2.47. The van der Waals surface area contributed by atoms with Crippen molar-refractivity contribution in [2.45, 2.75) is 18.2 Å². The third kappa shape index (κ3) is 3.84. The maximum atomic E-state index is 11.8. The minimum atomic E-state index is -0.462. The van der Waals surface area contributed by atoms with Gasteiger partial charge in [-0.25, -0.2) is 4.79 Å². The number of aliphatic hydroxyl groups excluding tert-OH is 1. The topological polar surface area (TPSA) is 89.9 Å². The average molecular weight is 289 g/mol. The van der Waals surface area contributed by atoms with Crippen molar-refractivity contribution in [1.82, 2.24) is 15.1 Å². The number of aliphatic hydroxyl groups is 1. The molecule has 4 amide bonds. The highest BCUT2D eigenvalue weighted by Crippen LogP contribution is 2.11. The molecule has 2 unspecified atom stereocenters. The molecule has 0 aromatic heterocycles. The van der Waals surface area contributed by atoms with E-state index in [0.717, 1.165) is 4.90 Å². The standard InChI is InChI=1S/C11H19N3O4S/c1-7(8(6-15)19-3)12-9(16)4-14-10(17)5-13(2)11(14)18/h7-8,15H,4-6H2,1-3H3,(H,12,16). The molecule has 7 nitrogen and oxygen atoms in total. The van der Waals surface area contributed by atoms with Crippen LogP contribution in [0.1, 0.15) is 6.92 Å². The molecule has 108 valence electrons. The van der Waals surface area contributed by atoms with Crippen LogP contribution in [0.3, 0.4) is 0 Å². The zero-order valence-electron chi connectivity index (χ0n) is 11.3. The second kappa shape index (κ2) is 6.76. The predicted octanol–water partition coefficient (Wildman–Crippen LogP) is -0.891. The minimum absolute atomic E-state index is 0.00570. The Morgan fingerprint density at radius 2 is 2.16 bits per heavy atom. The van der Waals surface area contributed by atoms with Crippen LogP contribution in [0.2, 0.25) is 0 Å². The molecule has 2 N–H and O–H groups in total. The van der Waals surface area contributed by atoms with Crippen LogP contribution in [-0.4, -0.2) is 77.0 Å². The van der Waals surface area contributed by atoms with Crippen molar-refractivity contribution in [3.63, 3.8) is 0 Å². The zero-order valence-corrected chi connectivity index (χ0v) is 12.1. The van der Waals surface area contributed by atoms with E-state index in [1.165, 1.54) is 23.7 Å². The molecule has 1 saturated heterocycles. The molecular formula is C11H19N3O4S. The Bertz CT molecular complexity index is 373. The molecular weight excluding hydrogens is 270 g/mol. The van der Waals surface area contributed by atoms with Crippen LogP contribution < -0.4 is 5.32 Å². The van der Waals surface area contributed by atoms with Crippen molar-refractivity contribution in [2.24, 2.45) is 0 Å². The van der Waals surface area contributed by atoms with E-state index in [4.69, 9.17) is 5.11 Å². The Morgan fingerprint density at radius 3 is 2.58 bits per heavy atom. The second-order valence-corrected chi connectivity index (χ2v) is 5.51. The molecule has 0 aromatic rings. The molecule has 0 radical (unpaired) electrons. The van der Waals surface area contributed by atoms with Crippen LogP contribution in [0.5, 0.6) is 0 Å². The van der Waals surface area contributed by atoms with Crippen LogP contribution in [-0.2, 0) is 9.59 Å². The summed E-state index contributed by atoms with van der Waals surface area (Å²) in [5.41, 5.74) is 0. The summed E-state index contributed by atoms with van der Waals surface area (Å²) in [6.07, 6.45) is 1.84. The smallest absolute Gasteiger partial charge is 0.327 e. The maximum absolute atomic E-state index is 11.8. The van der Waals surface area contributed by atoms with Gasteiger partial charge >= 0.3 is 6.03 Å². The molecule has 0 aliphatic carbocycles. The number of amides is 4. The van der Waals surface area contributed by atoms with Gasteiger partial charge in [0.25, 0.3) is 5.91 Å². The van der Waals surface area contributed by atoms with Crippen molar-refractivity contribution in [3.05, 3.63) is 0 Å². The summed E-state index contributed by atoms with van der Waals surface area (Å²) in [5, 5.41) is 11.7. The highest BCUT2D eigenvalue weighted by atomic mass is 32.2. The molecule has 19 heavy (non-hydrogen) atoms. The highest BCUT2D eigenvalue weighted by Gasteiger charge is 2.35. The number of rotatable bonds is 6. The van der Waals surface area contributed by atoms with E-state index >= 15 is 0 Å². The number of carbonyl (C=O) groups excluding carboxylic acids is 3. The van der Waals surface area contributed by atoms with Crippen molar-refractivity contribution < 1.29 is 19.5 Å². The Labute approximate surface area is 116 Å². The van der Waals surface area contributed by atoms with E-state index in [9.17, 15) is 14.4 Å². The number of hydrogen-bond acceptors (Lipinski definition) is 5. The third-order valence-electron chi connectivity index (χ3n) is 2.96. The quantitative estimate of drug-likeness (QED) is 0.619. The van der Waals surface area contributed by atoms with Gasteiger partial charge in [-0.05, 0) is 13.2 Å². The Balaban J connectivity index is 2.52. The molecule has 1 aliphatic rings. The summed E-state index contributed by atoms with van der Waals surface area (Å²) in [6.45, 7) is 1.45. The Kier molecular flexibility index (Phi) is 5.61. The fourth-order valence-electron chi connectivity index (χ4n) is 1.80. The molecule has 1 heterocycles. The monoisotopic (exact) mass is 289 g/mol. The van der Waals surface area contributed by atoms with Gasteiger partial charge in [-0.3, -0.25) is 14.5 Å². The normalized spacial score (nSPS) is 18.7. The highest BCUT2D eigenvalue weighted by molar-refractivity contribution is 7.99. The molecule has 0 bridgehead atoms. The van der Waals surface area contributed by atoms with Gasteiger partial charge in [0.1, 0.15) is 13.1 Å². The van der Waals surface area contributed by atoms with Gasteiger partial charge in [0.2, 0.25) is 5.91 Å². The molecule has 1 rings (SSSR count). The van der Waals surface area contributed by atoms with Gasteiger partial charge in [-0.15, -0.1) is 0 Å². The van der Waals surface area contributed by atoms with Crippen LogP contribution in [0.15, 0.2) is 0 Å². The van der Waals surface area contributed by atoms with Gasteiger partial charge in [0, 0.05) is 18.3 Å². The lowest BCUT2D eigenvalue weighted by molar-refractivity contribution is -0.131. The summed E-state index contributed by atoms with van der Waals surface area (Å²) in [4.78, 5) is 37.1. The first-order valence-electron chi connectivity index (χ1n) is 5.89. The largest absolute Gasteiger partial charge is 0.395 e.